The number of nitrogens with two attached hydrogens (primary N) is 1. The van der Waals surface area contributed by atoms with E-state index in [2.05, 4.69) is 30.0 Å². The molecule has 0 unspecified atom stereocenters. The molecule has 0 aliphatic carbocycles. The molecule has 22 heavy (non-hydrogen) atoms. The Morgan fingerprint density at radius 1 is 1.05 bits per heavy atom. The number of hydrogen-bond donors (Lipinski definition) is 1. The molecule has 1 aromatic carbocycles. The molecule has 3 heteroatoms. The summed E-state index contributed by atoms with van der Waals surface area (Å²) in [7, 11) is 0. The molecule has 2 heterocycles. The van der Waals surface area contributed by atoms with E-state index in [1.165, 1.54) is 31.2 Å². The van der Waals surface area contributed by atoms with Crippen molar-refractivity contribution in [2.45, 2.75) is 38.6 Å². The van der Waals surface area contributed by atoms with E-state index in [1.54, 1.807) is 0 Å². The highest BCUT2D eigenvalue weighted by Gasteiger charge is 2.15. The normalized spacial score (nSPS) is 17.1. The minimum Gasteiger partial charge on any atom is -0.357 e. The Kier molecular flexibility index (Phi) is 4.74. The van der Waals surface area contributed by atoms with Crippen LogP contribution in [0.3, 0.4) is 0 Å². The van der Waals surface area contributed by atoms with E-state index < -0.39 is 0 Å². The Morgan fingerprint density at radius 2 is 1.73 bits per heavy atom. The van der Waals surface area contributed by atoms with Crippen molar-refractivity contribution >= 4 is 5.82 Å². The lowest BCUT2D eigenvalue weighted by Gasteiger charge is -2.23. The molecule has 3 rings (SSSR count). The van der Waals surface area contributed by atoms with Crippen LogP contribution in [-0.4, -0.2) is 18.1 Å². The Morgan fingerprint density at radius 3 is 2.36 bits per heavy atom. The number of anilines is 1. The van der Waals surface area contributed by atoms with E-state index >= 15 is 0 Å². The summed E-state index contributed by atoms with van der Waals surface area (Å²) in [4.78, 5) is 7.11. The zero-order valence-corrected chi connectivity index (χ0v) is 13.3. The van der Waals surface area contributed by atoms with Crippen molar-refractivity contribution < 1.29 is 0 Å². The lowest BCUT2D eigenvalue weighted by atomic mass is 9.97. The van der Waals surface area contributed by atoms with Crippen LogP contribution in [0.4, 0.5) is 5.82 Å². The van der Waals surface area contributed by atoms with Gasteiger partial charge in [-0.05, 0) is 42.5 Å². The van der Waals surface area contributed by atoms with Gasteiger partial charge in [-0.25, -0.2) is 4.98 Å². The fraction of sp³-hybridized carbons (Fsp3) is 0.421. The maximum Gasteiger partial charge on any atom is 0.128 e. The van der Waals surface area contributed by atoms with Crippen LogP contribution in [0.1, 0.15) is 48.4 Å². The average Bonchev–Trinajstić information content (AvgIpc) is 2.84. The standard InChI is InChI=1S/C19H25N3/c1-15-13-18(22-11-7-2-3-8-12-22)21-14-17(15)19(20)16-9-5-4-6-10-16/h4-6,9-10,13-14,19H,2-3,7-8,11-12,20H2,1H3/t19-/m1/s1. The number of rotatable bonds is 3. The maximum absolute atomic E-state index is 6.42. The molecule has 1 saturated heterocycles. The van der Waals surface area contributed by atoms with Gasteiger partial charge in [0.1, 0.15) is 5.82 Å². The molecular weight excluding hydrogens is 270 g/mol. The van der Waals surface area contributed by atoms with Gasteiger partial charge < -0.3 is 10.6 Å². The van der Waals surface area contributed by atoms with Crippen molar-refractivity contribution in [2.24, 2.45) is 5.73 Å². The van der Waals surface area contributed by atoms with Crippen LogP contribution in [0.2, 0.25) is 0 Å². The summed E-state index contributed by atoms with van der Waals surface area (Å²) >= 11 is 0. The van der Waals surface area contributed by atoms with Gasteiger partial charge in [-0.1, -0.05) is 43.2 Å². The Hall–Kier alpha value is -1.87. The van der Waals surface area contributed by atoms with Crippen LogP contribution < -0.4 is 10.6 Å². The summed E-state index contributed by atoms with van der Waals surface area (Å²) in [6.07, 6.45) is 7.18. The molecule has 3 nitrogen and oxygen atoms in total. The summed E-state index contributed by atoms with van der Waals surface area (Å²) in [6, 6.07) is 12.3. The summed E-state index contributed by atoms with van der Waals surface area (Å²) in [5, 5.41) is 0. The second-order valence-electron chi connectivity index (χ2n) is 6.19. The smallest absolute Gasteiger partial charge is 0.128 e. The predicted molar refractivity (Wildman–Crippen MR) is 92.1 cm³/mol. The molecular formula is C19H25N3. The molecule has 0 bridgehead atoms. The van der Waals surface area contributed by atoms with Crippen LogP contribution in [0.25, 0.3) is 0 Å². The fourth-order valence-electron chi connectivity index (χ4n) is 3.19. The second-order valence-corrected chi connectivity index (χ2v) is 6.19. The Bertz CT molecular complexity index is 601. The first kappa shape index (κ1) is 15.0. The zero-order chi connectivity index (χ0) is 15.4. The van der Waals surface area contributed by atoms with Crippen LogP contribution in [0.5, 0.6) is 0 Å². The van der Waals surface area contributed by atoms with Gasteiger partial charge >= 0.3 is 0 Å². The maximum atomic E-state index is 6.42. The monoisotopic (exact) mass is 295 g/mol. The minimum absolute atomic E-state index is 0.105. The summed E-state index contributed by atoms with van der Waals surface area (Å²) in [5.41, 5.74) is 9.89. The second kappa shape index (κ2) is 6.93. The lowest BCUT2D eigenvalue weighted by molar-refractivity contribution is 0.726. The third-order valence-electron chi connectivity index (χ3n) is 4.56. The number of hydrogen-bond acceptors (Lipinski definition) is 3. The number of aromatic nitrogens is 1. The van der Waals surface area contributed by atoms with Crippen LogP contribution in [-0.2, 0) is 0 Å². The summed E-state index contributed by atoms with van der Waals surface area (Å²) < 4.78 is 0. The topological polar surface area (TPSA) is 42.2 Å². The van der Waals surface area contributed by atoms with Crippen molar-refractivity contribution in [3.8, 4) is 0 Å². The highest BCUT2D eigenvalue weighted by Crippen LogP contribution is 2.25. The van der Waals surface area contributed by atoms with Crippen molar-refractivity contribution in [1.82, 2.24) is 4.98 Å². The van der Waals surface area contributed by atoms with E-state index in [1.807, 2.05) is 24.4 Å². The molecule has 2 aromatic rings. The number of aryl methyl sites for hydroxylation is 1. The average molecular weight is 295 g/mol. The van der Waals surface area contributed by atoms with Gasteiger partial charge in [-0.15, -0.1) is 0 Å². The first-order chi connectivity index (χ1) is 10.8. The Labute approximate surface area is 133 Å². The molecule has 1 aliphatic rings. The summed E-state index contributed by atoms with van der Waals surface area (Å²) in [5.74, 6) is 1.10. The molecule has 1 atom stereocenters. The van der Waals surface area contributed by atoms with E-state index in [9.17, 15) is 0 Å². The van der Waals surface area contributed by atoms with Gasteiger partial charge in [0, 0.05) is 19.3 Å². The molecule has 0 amide bonds. The van der Waals surface area contributed by atoms with Crippen molar-refractivity contribution in [3.05, 3.63) is 59.3 Å². The predicted octanol–water partition coefficient (Wildman–Crippen LogP) is 3.82. The summed E-state index contributed by atoms with van der Waals surface area (Å²) in [6.45, 7) is 4.38. The highest BCUT2D eigenvalue weighted by atomic mass is 15.2. The van der Waals surface area contributed by atoms with E-state index in [0.29, 0.717) is 0 Å². The third kappa shape index (κ3) is 3.30. The van der Waals surface area contributed by atoms with E-state index in [4.69, 9.17) is 10.7 Å². The molecule has 2 N–H and O–H groups in total. The van der Waals surface area contributed by atoms with Crippen molar-refractivity contribution in [2.75, 3.05) is 18.0 Å². The molecule has 0 spiro atoms. The first-order valence-corrected chi connectivity index (χ1v) is 8.28. The fourth-order valence-corrected chi connectivity index (χ4v) is 3.19. The van der Waals surface area contributed by atoms with Crippen LogP contribution in [0, 0.1) is 6.92 Å². The molecule has 1 aliphatic heterocycles. The molecule has 0 radical (unpaired) electrons. The van der Waals surface area contributed by atoms with Crippen LogP contribution >= 0.6 is 0 Å². The zero-order valence-electron chi connectivity index (χ0n) is 13.3. The largest absolute Gasteiger partial charge is 0.357 e. The van der Waals surface area contributed by atoms with Crippen molar-refractivity contribution in [1.29, 1.82) is 0 Å². The number of nitrogens with zero attached hydrogens (tertiary/aromatic N) is 2. The molecule has 1 fully saturated rings. The van der Waals surface area contributed by atoms with E-state index in [-0.39, 0.29) is 6.04 Å². The highest BCUT2D eigenvalue weighted by molar-refractivity contribution is 5.46. The van der Waals surface area contributed by atoms with Gasteiger partial charge in [0.05, 0.1) is 6.04 Å². The molecule has 116 valence electrons. The van der Waals surface area contributed by atoms with Gasteiger partial charge in [0.15, 0.2) is 0 Å². The van der Waals surface area contributed by atoms with Gasteiger partial charge in [-0.3, -0.25) is 0 Å². The van der Waals surface area contributed by atoms with Crippen LogP contribution in [0.15, 0.2) is 42.6 Å². The quantitative estimate of drug-likeness (QED) is 0.936. The Balaban J connectivity index is 1.82. The minimum atomic E-state index is -0.105. The van der Waals surface area contributed by atoms with Gasteiger partial charge in [0.25, 0.3) is 0 Å². The third-order valence-corrected chi connectivity index (χ3v) is 4.56. The molecule has 0 saturated carbocycles. The lowest BCUT2D eigenvalue weighted by Crippen LogP contribution is -2.25. The van der Waals surface area contributed by atoms with Gasteiger partial charge in [-0.2, -0.15) is 0 Å². The molecule has 1 aromatic heterocycles. The van der Waals surface area contributed by atoms with Crippen molar-refractivity contribution in [3.63, 3.8) is 0 Å². The number of benzene rings is 1. The SMILES string of the molecule is Cc1cc(N2CCCCCC2)ncc1[C@H](N)c1ccccc1. The first-order valence-electron chi connectivity index (χ1n) is 8.28. The number of pyridine rings is 1. The van der Waals surface area contributed by atoms with E-state index in [0.717, 1.165) is 30.0 Å². The van der Waals surface area contributed by atoms with Gasteiger partial charge in [0.2, 0.25) is 0 Å².